The first-order chi connectivity index (χ1) is 11.8. The van der Waals surface area contributed by atoms with E-state index in [1.165, 1.54) is 5.56 Å². The van der Waals surface area contributed by atoms with Crippen molar-refractivity contribution in [1.29, 1.82) is 0 Å². The molecule has 3 aromatic rings. The number of carbonyl (C=O) groups excluding carboxylic acids is 1. The molecule has 1 aliphatic rings. The van der Waals surface area contributed by atoms with Gasteiger partial charge in [0.15, 0.2) is 6.29 Å². The maximum Gasteiger partial charge on any atom is 0.154 e. The molecule has 0 saturated carbocycles. The Bertz CT molecular complexity index is 877. The second-order valence-electron chi connectivity index (χ2n) is 6.28. The van der Waals surface area contributed by atoms with Gasteiger partial charge in [-0.2, -0.15) is 0 Å². The average Bonchev–Trinajstić information content (AvgIpc) is 2.96. The van der Waals surface area contributed by atoms with Crippen molar-refractivity contribution in [2.45, 2.75) is 6.92 Å². The number of benzene rings is 2. The molecule has 4 heteroatoms. The highest BCUT2D eigenvalue weighted by Gasteiger charge is 2.23. The van der Waals surface area contributed by atoms with Crippen molar-refractivity contribution in [3.05, 3.63) is 59.7 Å². The van der Waals surface area contributed by atoms with Crippen molar-refractivity contribution < 1.29 is 4.79 Å². The third-order valence-electron chi connectivity index (χ3n) is 4.68. The number of aldehydes is 1. The second-order valence-corrected chi connectivity index (χ2v) is 6.28. The lowest BCUT2D eigenvalue weighted by Gasteiger charge is -2.31. The molecule has 24 heavy (non-hydrogen) atoms. The molecule has 1 saturated heterocycles. The average molecular weight is 319 g/mol. The minimum atomic E-state index is 0.791. The monoisotopic (exact) mass is 319 g/mol. The lowest BCUT2D eigenvalue weighted by Crippen LogP contribution is -2.44. The van der Waals surface area contributed by atoms with E-state index in [9.17, 15) is 4.79 Å². The summed E-state index contributed by atoms with van der Waals surface area (Å²) in [5, 5.41) is 4.41. The minimum absolute atomic E-state index is 0.791. The molecule has 4 nitrogen and oxygen atoms in total. The van der Waals surface area contributed by atoms with Gasteiger partial charge in [-0.1, -0.05) is 29.8 Å². The van der Waals surface area contributed by atoms with Gasteiger partial charge in [0.2, 0.25) is 0 Å². The molecule has 0 unspecified atom stereocenters. The van der Waals surface area contributed by atoms with E-state index in [1.807, 2.05) is 18.2 Å². The number of piperazine rings is 1. The van der Waals surface area contributed by atoms with Crippen LogP contribution in [0.3, 0.4) is 0 Å². The number of aromatic nitrogens is 1. The molecule has 122 valence electrons. The van der Waals surface area contributed by atoms with Crippen molar-refractivity contribution in [1.82, 2.24) is 9.88 Å². The SMILES string of the molecule is Cc1ccc2c(c1)c(C=O)c(N1CCNCC1)n2-c1ccccc1. The third-order valence-corrected chi connectivity index (χ3v) is 4.68. The van der Waals surface area contributed by atoms with Crippen LogP contribution < -0.4 is 10.2 Å². The molecule has 1 fully saturated rings. The minimum Gasteiger partial charge on any atom is -0.355 e. The lowest BCUT2D eigenvalue weighted by atomic mass is 10.1. The first-order valence-electron chi connectivity index (χ1n) is 8.41. The number of para-hydroxylation sites is 1. The van der Waals surface area contributed by atoms with Crippen molar-refractivity contribution in [2.75, 3.05) is 31.1 Å². The molecule has 0 spiro atoms. The van der Waals surface area contributed by atoms with Gasteiger partial charge in [0.1, 0.15) is 5.82 Å². The summed E-state index contributed by atoms with van der Waals surface area (Å²) in [6, 6.07) is 16.6. The van der Waals surface area contributed by atoms with Gasteiger partial charge in [-0.15, -0.1) is 0 Å². The maximum atomic E-state index is 12.0. The van der Waals surface area contributed by atoms with Crippen LogP contribution in [0, 0.1) is 6.92 Å². The first-order valence-corrected chi connectivity index (χ1v) is 8.41. The Balaban J connectivity index is 2.05. The van der Waals surface area contributed by atoms with Crippen LogP contribution in [0.25, 0.3) is 16.6 Å². The number of rotatable bonds is 3. The fourth-order valence-corrected chi connectivity index (χ4v) is 3.56. The van der Waals surface area contributed by atoms with Crippen molar-refractivity contribution in [3.63, 3.8) is 0 Å². The summed E-state index contributed by atoms with van der Waals surface area (Å²) in [5.41, 5.74) is 4.14. The van der Waals surface area contributed by atoms with Crippen LogP contribution in [-0.2, 0) is 0 Å². The Labute approximate surface area is 141 Å². The summed E-state index contributed by atoms with van der Waals surface area (Å²) in [6.07, 6.45) is 1.01. The summed E-state index contributed by atoms with van der Waals surface area (Å²) < 4.78 is 2.23. The number of fused-ring (bicyclic) bond motifs is 1. The summed E-state index contributed by atoms with van der Waals surface area (Å²) in [5.74, 6) is 1.01. The van der Waals surface area contributed by atoms with Crippen molar-refractivity contribution in [3.8, 4) is 5.69 Å². The largest absolute Gasteiger partial charge is 0.355 e. The maximum absolute atomic E-state index is 12.0. The van der Waals surface area contributed by atoms with Gasteiger partial charge in [-0.25, -0.2) is 0 Å². The predicted octanol–water partition coefficient (Wildman–Crippen LogP) is 3.16. The van der Waals surface area contributed by atoms with Crippen LogP contribution >= 0.6 is 0 Å². The van der Waals surface area contributed by atoms with Crippen LogP contribution in [0.4, 0.5) is 5.82 Å². The number of hydrogen-bond acceptors (Lipinski definition) is 3. The fraction of sp³-hybridized carbons (Fsp3) is 0.250. The molecule has 1 N–H and O–H groups in total. The Morgan fingerprint density at radius 2 is 1.79 bits per heavy atom. The highest BCUT2D eigenvalue weighted by molar-refractivity contribution is 6.05. The van der Waals surface area contributed by atoms with Crippen LogP contribution in [0.15, 0.2) is 48.5 Å². The Hall–Kier alpha value is -2.59. The molecule has 1 aliphatic heterocycles. The molecule has 1 aromatic heterocycles. The van der Waals surface area contributed by atoms with E-state index in [2.05, 4.69) is 52.0 Å². The summed E-state index contributed by atoms with van der Waals surface area (Å²) in [4.78, 5) is 14.3. The standard InChI is InChI=1S/C20H21N3O/c1-15-7-8-19-17(13-15)18(14-24)20(22-11-9-21-10-12-22)23(19)16-5-3-2-4-6-16/h2-8,13-14,21H,9-12H2,1H3. The smallest absolute Gasteiger partial charge is 0.154 e. The molecule has 2 heterocycles. The van der Waals surface area contributed by atoms with Crippen molar-refractivity contribution >= 4 is 23.0 Å². The fourth-order valence-electron chi connectivity index (χ4n) is 3.56. The molecular weight excluding hydrogens is 298 g/mol. The number of aryl methyl sites for hydroxylation is 1. The number of carbonyl (C=O) groups is 1. The van der Waals surface area contributed by atoms with Gasteiger partial charge >= 0.3 is 0 Å². The Kier molecular flexibility index (Phi) is 3.82. The molecule has 0 amide bonds. The number of nitrogens with one attached hydrogen (secondary N) is 1. The van der Waals surface area contributed by atoms with E-state index in [4.69, 9.17) is 0 Å². The summed E-state index contributed by atoms with van der Waals surface area (Å²) >= 11 is 0. The van der Waals surface area contributed by atoms with Gasteiger partial charge in [-0.3, -0.25) is 9.36 Å². The van der Waals surface area contributed by atoms with E-state index in [1.54, 1.807) is 0 Å². The van der Waals surface area contributed by atoms with E-state index in [-0.39, 0.29) is 0 Å². The van der Waals surface area contributed by atoms with Crippen LogP contribution in [0.1, 0.15) is 15.9 Å². The predicted molar refractivity (Wildman–Crippen MR) is 98.5 cm³/mol. The Morgan fingerprint density at radius 1 is 1.04 bits per heavy atom. The Morgan fingerprint density at radius 3 is 2.50 bits per heavy atom. The lowest BCUT2D eigenvalue weighted by molar-refractivity contribution is 0.112. The highest BCUT2D eigenvalue weighted by Crippen LogP contribution is 2.35. The van der Waals surface area contributed by atoms with E-state index in [0.29, 0.717) is 0 Å². The van der Waals surface area contributed by atoms with E-state index >= 15 is 0 Å². The van der Waals surface area contributed by atoms with Gasteiger partial charge in [0.05, 0.1) is 11.1 Å². The van der Waals surface area contributed by atoms with Gasteiger partial charge in [0.25, 0.3) is 0 Å². The molecule has 0 atom stereocenters. The summed E-state index contributed by atoms with van der Waals surface area (Å²) in [6.45, 7) is 5.76. The van der Waals surface area contributed by atoms with E-state index in [0.717, 1.165) is 60.4 Å². The molecule has 0 bridgehead atoms. The van der Waals surface area contributed by atoms with Crippen molar-refractivity contribution in [2.24, 2.45) is 0 Å². The van der Waals surface area contributed by atoms with Gasteiger partial charge in [0, 0.05) is 37.3 Å². The third kappa shape index (κ3) is 2.39. The van der Waals surface area contributed by atoms with E-state index < -0.39 is 0 Å². The molecule has 0 radical (unpaired) electrons. The quantitative estimate of drug-likeness (QED) is 0.754. The normalized spacial score (nSPS) is 15.0. The zero-order valence-corrected chi connectivity index (χ0v) is 13.8. The topological polar surface area (TPSA) is 37.3 Å². The number of anilines is 1. The molecular formula is C20H21N3O. The zero-order valence-electron chi connectivity index (χ0n) is 13.8. The number of hydrogen-bond donors (Lipinski definition) is 1. The molecule has 4 rings (SSSR count). The number of nitrogens with zero attached hydrogens (tertiary/aromatic N) is 2. The molecule has 0 aliphatic carbocycles. The van der Waals surface area contributed by atoms with Gasteiger partial charge < -0.3 is 10.2 Å². The second kappa shape index (κ2) is 6.13. The highest BCUT2D eigenvalue weighted by atomic mass is 16.1. The van der Waals surface area contributed by atoms with Crippen LogP contribution in [-0.4, -0.2) is 37.0 Å². The zero-order chi connectivity index (χ0) is 16.5. The molecule has 2 aromatic carbocycles. The van der Waals surface area contributed by atoms with Crippen LogP contribution in [0.2, 0.25) is 0 Å². The van der Waals surface area contributed by atoms with Crippen LogP contribution in [0.5, 0.6) is 0 Å². The summed E-state index contributed by atoms with van der Waals surface area (Å²) in [7, 11) is 0. The van der Waals surface area contributed by atoms with Gasteiger partial charge in [-0.05, 0) is 31.2 Å². The first kappa shape index (κ1) is 15.0.